The van der Waals surface area contributed by atoms with E-state index in [1.54, 1.807) is 25.3 Å². The topological polar surface area (TPSA) is 103 Å². The number of nitro groups is 1. The van der Waals surface area contributed by atoms with Crippen LogP contribution in [0.25, 0.3) is 5.69 Å². The SMILES string of the molecule is Cc1ncccc1-n1cc([N+](=O)[O-])c(OCCCO)n1. The monoisotopic (exact) mass is 278 g/mol. The molecule has 0 atom stereocenters. The summed E-state index contributed by atoms with van der Waals surface area (Å²) in [4.78, 5) is 14.5. The van der Waals surface area contributed by atoms with Gasteiger partial charge in [-0.15, -0.1) is 5.10 Å². The molecule has 0 aliphatic heterocycles. The van der Waals surface area contributed by atoms with Crippen molar-refractivity contribution in [2.75, 3.05) is 13.2 Å². The van der Waals surface area contributed by atoms with Gasteiger partial charge < -0.3 is 9.84 Å². The van der Waals surface area contributed by atoms with Crippen LogP contribution in [0.4, 0.5) is 5.69 Å². The summed E-state index contributed by atoms with van der Waals surface area (Å²) < 4.78 is 6.60. The molecule has 2 rings (SSSR count). The van der Waals surface area contributed by atoms with E-state index in [0.29, 0.717) is 17.8 Å². The highest BCUT2D eigenvalue weighted by atomic mass is 16.6. The number of hydrogen-bond donors (Lipinski definition) is 1. The van der Waals surface area contributed by atoms with Crippen molar-refractivity contribution in [2.24, 2.45) is 0 Å². The maximum Gasteiger partial charge on any atom is 0.350 e. The fraction of sp³-hybridized carbons (Fsp3) is 0.333. The average Bonchev–Trinajstić information content (AvgIpc) is 2.84. The van der Waals surface area contributed by atoms with Gasteiger partial charge in [-0.3, -0.25) is 15.1 Å². The van der Waals surface area contributed by atoms with Crippen LogP contribution in [0, 0.1) is 17.0 Å². The van der Waals surface area contributed by atoms with Crippen LogP contribution >= 0.6 is 0 Å². The molecule has 0 bridgehead atoms. The van der Waals surface area contributed by atoms with E-state index in [9.17, 15) is 10.1 Å². The van der Waals surface area contributed by atoms with Crippen molar-refractivity contribution in [3.05, 3.63) is 40.3 Å². The van der Waals surface area contributed by atoms with Crippen LogP contribution in [0.15, 0.2) is 24.5 Å². The molecule has 0 fully saturated rings. The van der Waals surface area contributed by atoms with Crippen LogP contribution < -0.4 is 4.74 Å². The highest BCUT2D eigenvalue weighted by Crippen LogP contribution is 2.27. The van der Waals surface area contributed by atoms with Gasteiger partial charge in [0, 0.05) is 19.2 Å². The standard InChI is InChI=1S/C12H14N4O4/c1-9-10(4-2-5-13-9)15-8-11(16(18)19)12(14-15)20-7-3-6-17/h2,4-5,8,17H,3,6-7H2,1H3. The number of aryl methyl sites for hydroxylation is 1. The van der Waals surface area contributed by atoms with Gasteiger partial charge in [0.25, 0.3) is 0 Å². The molecule has 0 spiro atoms. The first kappa shape index (κ1) is 13.9. The van der Waals surface area contributed by atoms with Gasteiger partial charge in [-0.1, -0.05) is 0 Å². The predicted octanol–water partition coefficient (Wildman–Crippen LogP) is 1.25. The van der Waals surface area contributed by atoms with Gasteiger partial charge in [-0.2, -0.15) is 0 Å². The first-order valence-electron chi connectivity index (χ1n) is 6.03. The number of aliphatic hydroxyl groups excluding tert-OH is 1. The zero-order valence-electron chi connectivity index (χ0n) is 10.9. The summed E-state index contributed by atoms with van der Waals surface area (Å²) in [5, 5.41) is 23.8. The molecule has 0 unspecified atom stereocenters. The molecule has 0 aliphatic carbocycles. The molecule has 0 aromatic carbocycles. The van der Waals surface area contributed by atoms with E-state index in [1.807, 2.05) is 0 Å². The molecule has 106 valence electrons. The predicted molar refractivity (Wildman–Crippen MR) is 69.9 cm³/mol. The number of aliphatic hydroxyl groups is 1. The van der Waals surface area contributed by atoms with Gasteiger partial charge >= 0.3 is 11.6 Å². The fourth-order valence-electron chi connectivity index (χ4n) is 1.65. The van der Waals surface area contributed by atoms with Crippen LogP contribution in [-0.4, -0.2) is 38.0 Å². The Kier molecular flexibility index (Phi) is 4.26. The third-order valence-corrected chi connectivity index (χ3v) is 2.63. The van der Waals surface area contributed by atoms with E-state index in [-0.39, 0.29) is 24.8 Å². The summed E-state index contributed by atoms with van der Waals surface area (Å²) in [5.74, 6) is -0.0632. The number of nitrogens with zero attached hydrogens (tertiary/aromatic N) is 4. The van der Waals surface area contributed by atoms with Gasteiger partial charge in [-0.05, 0) is 19.1 Å². The van der Waals surface area contributed by atoms with Crippen molar-refractivity contribution in [1.29, 1.82) is 0 Å². The zero-order valence-corrected chi connectivity index (χ0v) is 10.9. The Labute approximate surface area is 114 Å². The summed E-state index contributed by atoms with van der Waals surface area (Å²) in [7, 11) is 0. The van der Waals surface area contributed by atoms with Crippen molar-refractivity contribution in [3.63, 3.8) is 0 Å². The lowest BCUT2D eigenvalue weighted by Crippen LogP contribution is -2.03. The van der Waals surface area contributed by atoms with E-state index in [1.165, 1.54) is 10.9 Å². The number of rotatable bonds is 6. The minimum atomic E-state index is -0.552. The highest BCUT2D eigenvalue weighted by molar-refractivity contribution is 5.44. The Morgan fingerprint density at radius 3 is 3.00 bits per heavy atom. The van der Waals surface area contributed by atoms with Gasteiger partial charge in [0.05, 0.1) is 22.9 Å². The second-order valence-corrected chi connectivity index (χ2v) is 4.05. The second-order valence-electron chi connectivity index (χ2n) is 4.05. The first-order chi connectivity index (χ1) is 9.63. The lowest BCUT2D eigenvalue weighted by Gasteiger charge is -2.03. The minimum Gasteiger partial charge on any atom is -0.472 e. The summed E-state index contributed by atoms with van der Waals surface area (Å²) in [6.45, 7) is 1.91. The van der Waals surface area contributed by atoms with Crippen molar-refractivity contribution >= 4 is 5.69 Å². The molecule has 2 heterocycles. The Balaban J connectivity index is 2.34. The lowest BCUT2D eigenvalue weighted by atomic mass is 10.3. The number of aromatic nitrogens is 3. The molecule has 0 amide bonds. The van der Waals surface area contributed by atoms with Crippen molar-refractivity contribution < 1.29 is 14.8 Å². The molecule has 8 heteroatoms. The number of pyridine rings is 1. The molecule has 8 nitrogen and oxygen atoms in total. The molecule has 0 aliphatic rings. The first-order valence-corrected chi connectivity index (χ1v) is 6.03. The van der Waals surface area contributed by atoms with Gasteiger partial charge in [-0.25, -0.2) is 4.68 Å². The van der Waals surface area contributed by atoms with E-state index in [2.05, 4.69) is 10.1 Å². The largest absolute Gasteiger partial charge is 0.472 e. The van der Waals surface area contributed by atoms with Gasteiger partial charge in [0.15, 0.2) is 0 Å². The minimum absolute atomic E-state index is 0.0454. The van der Waals surface area contributed by atoms with E-state index in [0.717, 1.165) is 0 Å². The van der Waals surface area contributed by atoms with Gasteiger partial charge in [0.1, 0.15) is 6.20 Å². The summed E-state index contributed by atoms with van der Waals surface area (Å²) >= 11 is 0. The summed E-state index contributed by atoms with van der Waals surface area (Å²) in [5.41, 5.74) is 1.13. The maximum atomic E-state index is 11.0. The third kappa shape index (κ3) is 2.91. The quantitative estimate of drug-likeness (QED) is 0.484. The van der Waals surface area contributed by atoms with Crippen molar-refractivity contribution in [1.82, 2.24) is 14.8 Å². The zero-order chi connectivity index (χ0) is 14.5. The molecule has 2 aromatic rings. The van der Waals surface area contributed by atoms with Crippen LogP contribution in [0.2, 0.25) is 0 Å². The Morgan fingerprint density at radius 1 is 1.55 bits per heavy atom. The summed E-state index contributed by atoms with van der Waals surface area (Å²) in [6, 6.07) is 3.48. The average molecular weight is 278 g/mol. The van der Waals surface area contributed by atoms with Crippen molar-refractivity contribution in [2.45, 2.75) is 13.3 Å². The van der Waals surface area contributed by atoms with Crippen LogP contribution in [-0.2, 0) is 0 Å². The fourth-order valence-corrected chi connectivity index (χ4v) is 1.65. The van der Waals surface area contributed by atoms with Crippen LogP contribution in [0.3, 0.4) is 0 Å². The number of ether oxygens (including phenoxy) is 1. The molecule has 0 radical (unpaired) electrons. The Bertz CT molecular complexity index is 611. The molecule has 1 N–H and O–H groups in total. The Hall–Kier alpha value is -2.48. The molecular formula is C12H14N4O4. The number of hydrogen-bond acceptors (Lipinski definition) is 6. The van der Waals surface area contributed by atoms with Gasteiger partial charge in [0.2, 0.25) is 0 Å². The lowest BCUT2D eigenvalue weighted by molar-refractivity contribution is -0.385. The molecule has 0 saturated heterocycles. The van der Waals surface area contributed by atoms with E-state index >= 15 is 0 Å². The van der Waals surface area contributed by atoms with Crippen LogP contribution in [0.5, 0.6) is 5.88 Å². The molecule has 2 aromatic heterocycles. The summed E-state index contributed by atoms with van der Waals surface area (Å²) in [6.07, 6.45) is 3.31. The molecular weight excluding hydrogens is 264 g/mol. The Morgan fingerprint density at radius 2 is 2.35 bits per heavy atom. The maximum absolute atomic E-state index is 11.0. The smallest absolute Gasteiger partial charge is 0.350 e. The van der Waals surface area contributed by atoms with E-state index in [4.69, 9.17) is 9.84 Å². The second kappa shape index (κ2) is 6.11. The van der Waals surface area contributed by atoms with E-state index < -0.39 is 4.92 Å². The molecule has 0 saturated carbocycles. The molecule has 20 heavy (non-hydrogen) atoms. The van der Waals surface area contributed by atoms with Crippen molar-refractivity contribution in [3.8, 4) is 11.6 Å². The highest BCUT2D eigenvalue weighted by Gasteiger charge is 2.22. The third-order valence-electron chi connectivity index (χ3n) is 2.63. The van der Waals surface area contributed by atoms with Crippen LogP contribution in [0.1, 0.15) is 12.1 Å². The normalized spacial score (nSPS) is 10.5.